The van der Waals surface area contributed by atoms with Crippen LogP contribution in [-0.4, -0.2) is 23.2 Å². The van der Waals surface area contributed by atoms with Crippen molar-refractivity contribution in [3.63, 3.8) is 0 Å². The number of nitrogens with two attached hydrogens (primary N) is 1. The summed E-state index contributed by atoms with van der Waals surface area (Å²) in [4.78, 5) is 12.2. The lowest BCUT2D eigenvalue weighted by Gasteiger charge is -2.24. The summed E-state index contributed by atoms with van der Waals surface area (Å²) < 4.78 is 40.8. The molecule has 0 bridgehead atoms. The van der Waals surface area contributed by atoms with E-state index in [4.69, 9.17) is 5.73 Å². The van der Waals surface area contributed by atoms with E-state index in [0.717, 1.165) is 16.7 Å². The lowest BCUT2D eigenvalue weighted by molar-refractivity contribution is -0.163. The molecular formula is C23H29F3N2O2. The number of carbonyl (C=O) groups is 1. The number of amides is 1. The van der Waals surface area contributed by atoms with Gasteiger partial charge < -0.3 is 16.2 Å². The molecule has 4 nitrogen and oxygen atoms in total. The van der Waals surface area contributed by atoms with E-state index in [1.165, 1.54) is 12.1 Å². The topological polar surface area (TPSA) is 75.4 Å². The molecule has 0 radical (unpaired) electrons. The van der Waals surface area contributed by atoms with Crippen molar-refractivity contribution in [2.45, 2.75) is 58.0 Å². The summed E-state index contributed by atoms with van der Waals surface area (Å²) >= 11 is 0. The van der Waals surface area contributed by atoms with Crippen LogP contribution in [0.15, 0.2) is 48.5 Å². The monoisotopic (exact) mass is 422 g/mol. The van der Waals surface area contributed by atoms with Gasteiger partial charge in [0.25, 0.3) is 0 Å². The third-order valence-electron chi connectivity index (χ3n) is 4.84. The van der Waals surface area contributed by atoms with Gasteiger partial charge >= 0.3 is 6.18 Å². The van der Waals surface area contributed by atoms with Crippen LogP contribution in [0.5, 0.6) is 0 Å². The Morgan fingerprint density at radius 2 is 1.47 bits per heavy atom. The molecule has 2 rings (SSSR count). The first-order valence-electron chi connectivity index (χ1n) is 9.85. The minimum Gasteiger partial charge on any atom is -0.386 e. The fraction of sp³-hybridized carbons (Fsp3) is 0.435. The SMILES string of the molecule is CC(C)C[C@H](N)C(=O)N[C@@H](c1ccc(-c2ccc(C(C)(C)O)cc2)cc1)C(F)(F)F. The first-order chi connectivity index (χ1) is 13.8. The molecule has 0 aliphatic carbocycles. The Kier molecular flexibility index (Phi) is 7.31. The van der Waals surface area contributed by atoms with Crippen LogP contribution >= 0.6 is 0 Å². The number of nitrogens with one attached hydrogen (secondary N) is 1. The summed E-state index contributed by atoms with van der Waals surface area (Å²) in [5, 5.41) is 12.1. The summed E-state index contributed by atoms with van der Waals surface area (Å²) in [6.45, 7) is 7.05. The fourth-order valence-corrected chi connectivity index (χ4v) is 3.16. The maximum atomic E-state index is 13.6. The zero-order valence-corrected chi connectivity index (χ0v) is 17.6. The number of benzene rings is 2. The average molecular weight is 422 g/mol. The maximum Gasteiger partial charge on any atom is 0.412 e. The average Bonchev–Trinajstić information content (AvgIpc) is 2.64. The second-order valence-corrected chi connectivity index (χ2v) is 8.48. The van der Waals surface area contributed by atoms with E-state index in [0.29, 0.717) is 6.42 Å². The molecule has 7 heteroatoms. The molecule has 0 spiro atoms. The van der Waals surface area contributed by atoms with Crippen LogP contribution in [0, 0.1) is 5.92 Å². The van der Waals surface area contributed by atoms with Gasteiger partial charge in [-0.3, -0.25) is 4.79 Å². The highest BCUT2D eigenvalue weighted by Crippen LogP contribution is 2.34. The Hall–Kier alpha value is -2.38. The summed E-state index contributed by atoms with van der Waals surface area (Å²) in [5.41, 5.74) is 6.96. The Balaban J connectivity index is 2.23. The third-order valence-corrected chi connectivity index (χ3v) is 4.84. The summed E-state index contributed by atoms with van der Waals surface area (Å²) in [6.07, 6.45) is -4.35. The van der Waals surface area contributed by atoms with E-state index in [-0.39, 0.29) is 11.5 Å². The Bertz CT molecular complexity index is 839. The van der Waals surface area contributed by atoms with Crippen LogP contribution in [0.4, 0.5) is 13.2 Å². The third kappa shape index (κ3) is 6.31. The number of rotatable bonds is 7. The first-order valence-corrected chi connectivity index (χ1v) is 9.85. The lowest BCUT2D eigenvalue weighted by Crippen LogP contribution is -2.46. The molecule has 0 fully saturated rings. The predicted octanol–water partition coefficient (Wildman–Crippen LogP) is 4.67. The zero-order chi connectivity index (χ0) is 22.7. The highest BCUT2D eigenvalue weighted by atomic mass is 19.4. The van der Waals surface area contributed by atoms with Crippen LogP contribution in [0.25, 0.3) is 11.1 Å². The highest BCUT2D eigenvalue weighted by molar-refractivity contribution is 5.82. The molecule has 1 amide bonds. The molecule has 0 saturated carbocycles. The van der Waals surface area contributed by atoms with Gasteiger partial charge in [0.05, 0.1) is 11.6 Å². The summed E-state index contributed by atoms with van der Waals surface area (Å²) in [6, 6.07) is 9.89. The quantitative estimate of drug-likeness (QED) is 0.607. The number of halogens is 3. The zero-order valence-electron chi connectivity index (χ0n) is 17.6. The van der Waals surface area contributed by atoms with Crippen LogP contribution in [0.1, 0.15) is 51.3 Å². The minimum absolute atomic E-state index is 0.0653. The van der Waals surface area contributed by atoms with E-state index in [1.807, 2.05) is 19.2 Å². The van der Waals surface area contributed by atoms with Crippen molar-refractivity contribution in [2.24, 2.45) is 11.7 Å². The molecule has 30 heavy (non-hydrogen) atoms. The fourth-order valence-electron chi connectivity index (χ4n) is 3.16. The van der Waals surface area contributed by atoms with E-state index in [1.54, 1.807) is 50.2 Å². The van der Waals surface area contributed by atoms with Crippen molar-refractivity contribution < 1.29 is 23.1 Å². The molecule has 0 heterocycles. The number of hydrogen-bond donors (Lipinski definition) is 3. The van der Waals surface area contributed by atoms with Crippen LogP contribution in [-0.2, 0) is 10.4 Å². The normalized spacial score (nSPS) is 14.5. The Morgan fingerprint density at radius 3 is 1.87 bits per heavy atom. The van der Waals surface area contributed by atoms with Crippen LogP contribution in [0.2, 0.25) is 0 Å². The van der Waals surface area contributed by atoms with Crippen LogP contribution in [0.3, 0.4) is 0 Å². The maximum absolute atomic E-state index is 13.6. The standard InChI is InChI=1S/C23H29F3N2O2/c1-14(2)13-19(27)21(29)28-20(23(24,25)26)17-7-5-15(6-8-17)16-9-11-18(12-10-16)22(3,4)30/h5-12,14,19-20,30H,13,27H2,1-4H3,(H,28,29)/t19-,20-/m0/s1. The molecule has 2 aromatic carbocycles. The summed E-state index contributed by atoms with van der Waals surface area (Å²) in [5.74, 6) is -0.727. The van der Waals surface area contributed by atoms with Crippen molar-refractivity contribution >= 4 is 5.91 Å². The molecule has 4 N–H and O–H groups in total. The van der Waals surface area contributed by atoms with E-state index in [2.05, 4.69) is 0 Å². The van der Waals surface area contributed by atoms with Gasteiger partial charge in [-0.15, -0.1) is 0 Å². The number of carbonyl (C=O) groups excluding carboxylic acids is 1. The second kappa shape index (κ2) is 9.18. The van der Waals surface area contributed by atoms with Crippen LogP contribution < -0.4 is 11.1 Å². The molecule has 0 aromatic heterocycles. The van der Waals surface area contributed by atoms with Gasteiger partial charge in [0.2, 0.25) is 5.91 Å². The molecule has 0 unspecified atom stereocenters. The van der Waals surface area contributed by atoms with Gasteiger partial charge in [0.15, 0.2) is 6.04 Å². The molecule has 164 valence electrons. The molecule has 2 atom stereocenters. The van der Waals surface area contributed by atoms with Crippen molar-refractivity contribution in [1.29, 1.82) is 0 Å². The highest BCUT2D eigenvalue weighted by Gasteiger charge is 2.42. The first kappa shape index (κ1) is 23.9. The van der Waals surface area contributed by atoms with Gasteiger partial charge in [0, 0.05) is 0 Å². The molecule has 0 saturated heterocycles. The van der Waals surface area contributed by atoms with Gasteiger partial charge in [0.1, 0.15) is 0 Å². The van der Waals surface area contributed by atoms with Gasteiger partial charge in [-0.1, -0.05) is 62.4 Å². The van der Waals surface area contributed by atoms with Gasteiger partial charge in [-0.2, -0.15) is 13.2 Å². The van der Waals surface area contributed by atoms with Crippen molar-refractivity contribution in [3.05, 3.63) is 59.7 Å². The van der Waals surface area contributed by atoms with Crippen molar-refractivity contribution in [1.82, 2.24) is 5.32 Å². The minimum atomic E-state index is -4.65. The predicted molar refractivity (Wildman–Crippen MR) is 111 cm³/mol. The van der Waals surface area contributed by atoms with E-state index < -0.39 is 29.8 Å². The Labute approximate surface area is 175 Å². The summed E-state index contributed by atoms with van der Waals surface area (Å²) in [7, 11) is 0. The molecule has 2 aromatic rings. The number of aliphatic hydroxyl groups is 1. The van der Waals surface area contributed by atoms with E-state index in [9.17, 15) is 23.1 Å². The largest absolute Gasteiger partial charge is 0.412 e. The molecule has 0 aliphatic rings. The molecule has 0 aliphatic heterocycles. The van der Waals surface area contributed by atoms with Gasteiger partial charge in [-0.05, 0) is 48.4 Å². The van der Waals surface area contributed by atoms with Crippen molar-refractivity contribution in [2.75, 3.05) is 0 Å². The van der Waals surface area contributed by atoms with E-state index >= 15 is 0 Å². The lowest BCUT2D eigenvalue weighted by atomic mass is 9.95. The number of hydrogen-bond acceptors (Lipinski definition) is 3. The Morgan fingerprint density at radius 1 is 1.00 bits per heavy atom. The smallest absolute Gasteiger partial charge is 0.386 e. The van der Waals surface area contributed by atoms with Crippen molar-refractivity contribution in [3.8, 4) is 11.1 Å². The second-order valence-electron chi connectivity index (χ2n) is 8.48. The van der Waals surface area contributed by atoms with Gasteiger partial charge in [-0.25, -0.2) is 0 Å². The number of alkyl halides is 3. The molecular weight excluding hydrogens is 393 g/mol.